The second kappa shape index (κ2) is 15.7. The van der Waals surface area contributed by atoms with Crippen LogP contribution in [-0.4, -0.2) is 88.3 Å². The number of primary amides is 1. The molecule has 0 aromatic carbocycles. The summed E-state index contributed by atoms with van der Waals surface area (Å²) in [4.78, 5) is 63.5. The molecule has 5 unspecified atom stereocenters. The summed E-state index contributed by atoms with van der Waals surface area (Å²) in [6, 6.07) is -5.17. The topological polar surface area (TPSA) is 278 Å². The number of aliphatic carboxylic acids is 1. The first-order valence-electron chi connectivity index (χ1n) is 10.3. The number of thiol groups is 1. The van der Waals surface area contributed by atoms with Crippen LogP contribution in [0.4, 0.5) is 0 Å². The highest BCUT2D eigenvalue weighted by atomic mass is 32.1. The van der Waals surface area contributed by atoms with Gasteiger partial charge in [-0.05, 0) is 26.2 Å². The first kappa shape index (κ1) is 30.9. The van der Waals surface area contributed by atoms with E-state index in [2.05, 4.69) is 33.6 Å². The maximum Gasteiger partial charge on any atom is 0.328 e. The minimum absolute atomic E-state index is 0.0406. The molecule has 0 saturated carbocycles. The van der Waals surface area contributed by atoms with Crippen molar-refractivity contribution >= 4 is 48.2 Å². The van der Waals surface area contributed by atoms with E-state index in [0.29, 0.717) is 0 Å². The van der Waals surface area contributed by atoms with Crippen molar-refractivity contribution in [3.8, 4) is 0 Å². The molecule has 15 nitrogen and oxygen atoms in total. The summed E-state index contributed by atoms with van der Waals surface area (Å²) in [6.07, 6.45) is -1.24. The second-order valence-electron chi connectivity index (χ2n) is 7.43. The third kappa shape index (κ3) is 12.2. The van der Waals surface area contributed by atoms with Gasteiger partial charge < -0.3 is 49.1 Å². The van der Waals surface area contributed by atoms with Crippen molar-refractivity contribution in [1.82, 2.24) is 16.0 Å². The molecular formula is C18H34N8O7S. The smallest absolute Gasteiger partial charge is 0.328 e. The van der Waals surface area contributed by atoms with Crippen LogP contribution in [0.15, 0.2) is 4.99 Å². The van der Waals surface area contributed by atoms with Crippen LogP contribution in [0.2, 0.25) is 0 Å². The third-order valence-corrected chi connectivity index (χ3v) is 4.84. The van der Waals surface area contributed by atoms with E-state index in [-0.39, 0.29) is 43.9 Å². The van der Waals surface area contributed by atoms with Crippen molar-refractivity contribution in [1.29, 1.82) is 0 Å². The van der Waals surface area contributed by atoms with Gasteiger partial charge in [-0.3, -0.25) is 24.2 Å². The van der Waals surface area contributed by atoms with Crippen molar-refractivity contribution in [2.45, 2.75) is 62.9 Å². The molecule has 0 rings (SSSR count). The first-order chi connectivity index (χ1) is 15.8. The quantitative estimate of drug-likeness (QED) is 0.0414. The van der Waals surface area contributed by atoms with Crippen molar-refractivity contribution in [2.75, 3.05) is 12.3 Å². The molecule has 0 saturated heterocycles. The van der Waals surface area contributed by atoms with Gasteiger partial charge in [0.2, 0.25) is 23.6 Å². The molecule has 194 valence electrons. The molecule has 0 aliphatic heterocycles. The van der Waals surface area contributed by atoms with Crippen molar-refractivity contribution in [2.24, 2.45) is 27.9 Å². The number of hydrogen-bond acceptors (Lipinski definition) is 9. The standard InChI is InChI=1S/C18H34N8O7S/c1-8(27)13(17(32)33)26-16(31)11(7-34)25-15(30)10(3-2-6-23-18(21)22)24-14(29)9(19)4-5-12(20)28/h8-11,13,27,34H,2-7,19H2,1H3,(H2,20,28)(H,24,29)(H,25,30)(H,26,31)(H,32,33)(H4,21,22,23). The van der Waals surface area contributed by atoms with E-state index in [4.69, 9.17) is 28.0 Å². The molecule has 0 aromatic heterocycles. The second-order valence-corrected chi connectivity index (χ2v) is 7.80. The summed E-state index contributed by atoms with van der Waals surface area (Å²) >= 11 is 4.00. The van der Waals surface area contributed by atoms with Gasteiger partial charge in [0, 0.05) is 18.7 Å². The largest absolute Gasteiger partial charge is 0.480 e. The van der Waals surface area contributed by atoms with Crippen molar-refractivity contribution < 1.29 is 34.2 Å². The Morgan fingerprint density at radius 1 is 0.941 bits per heavy atom. The summed E-state index contributed by atoms with van der Waals surface area (Å²) in [7, 11) is 0. The highest BCUT2D eigenvalue weighted by Gasteiger charge is 2.31. The van der Waals surface area contributed by atoms with Crippen molar-refractivity contribution in [3.05, 3.63) is 0 Å². The molecule has 4 amide bonds. The summed E-state index contributed by atoms with van der Waals surface area (Å²) in [6.45, 7) is 1.33. The molecule has 5 atom stereocenters. The number of aliphatic imine (C=N–C) groups is 1. The molecule has 34 heavy (non-hydrogen) atoms. The third-order valence-electron chi connectivity index (χ3n) is 4.48. The van der Waals surface area contributed by atoms with Crippen LogP contribution in [0, 0.1) is 0 Å². The fourth-order valence-corrected chi connectivity index (χ4v) is 2.85. The zero-order valence-corrected chi connectivity index (χ0v) is 19.7. The maximum absolute atomic E-state index is 12.8. The number of nitrogens with zero attached hydrogens (tertiary/aromatic N) is 1. The van der Waals surface area contributed by atoms with E-state index < -0.39 is 59.9 Å². The summed E-state index contributed by atoms with van der Waals surface area (Å²) in [5, 5.41) is 25.6. The number of carboxylic acids is 1. The SMILES string of the molecule is CC(O)C(NC(=O)C(CS)NC(=O)C(CCCN=C(N)N)NC(=O)C(N)CCC(N)=O)C(=O)O. The molecule has 0 spiro atoms. The predicted molar refractivity (Wildman–Crippen MR) is 125 cm³/mol. The fourth-order valence-electron chi connectivity index (χ4n) is 2.59. The van der Waals surface area contributed by atoms with Gasteiger partial charge in [0.1, 0.15) is 12.1 Å². The Morgan fingerprint density at radius 2 is 1.50 bits per heavy atom. The number of aliphatic hydroxyl groups is 1. The summed E-state index contributed by atoms with van der Waals surface area (Å²) in [5.41, 5.74) is 21.3. The minimum Gasteiger partial charge on any atom is -0.480 e. The monoisotopic (exact) mass is 506 g/mol. The van der Waals surface area contributed by atoms with Gasteiger partial charge in [-0.1, -0.05) is 0 Å². The minimum atomic E-state index is -1.61. The zero-order chi connectivity index (χ0) is 26.4. The predicted octanol–water partition coefficient (Wildman–Crippen LogP) is -4.52. The Bertz CT molecular complexity index is 761. The normalized spacial score (nSPS) is 15.1. The lowest BCUT2D eigenvalue weighted by molar-refractivity contribution is -0.145. The van der Waals surface area contributed by atoms with E-state index in [9.17, 15) is 29.1 Å². The number of hydrogen-bond donors (Lipinski definition) is 10. The Kier molecular flexibility index (Phi) is 14.2. The average molecular weight is 507 g/mol. The number of guanidine groups is 1. The molecular weight excluding hydrogens is 472 g/mol. The number of carbonyl (C=O) groups is 5. The van der Waals surface area contributed by atoms with Crippen LogP contribution in [-0.2, 0) is 24.0 Å². The number of nitrogens with one attached hydrogen (secondary N) is 3. The average Bonchev–Trinajstić information content (AvgIpc) is 2.74. The van der Waals surface area contributed by atoms with Crippen LogP contribution >= 0.6 is 12.6 Å². The van der Waals surface area contributed by atoms with Crippen LogP contribution in [0.3, 0.4) is 0 Å². The Labute approximate surface area is 201 Å². The maximum atomic E-state index is 12.8. The summed E-state index contributed by atoms with van der Waals surface area (Å²) in [5.74, 6) is -4.89. The van der Waals surface area contributed by atoms with Crippen LogP contribution in [0.1, 0.15) is 32.6 Å². The highest BCUT2D eigenvalue weighted by Crippen LogP contribution is 2.04. The van der Waals surface area contributed by atoms with Gasteiger partial charge in [0.25, 0.3) is 0 Å². The summed E-state index contributed by atoms with van der Waals surface area (Å²) < 4.78 is 0. The molecule has 0 heterocycles. The van der Waals surface area contributed by atoms with Crippen molar-refractivity contribution in [3.63, 3.8) is 0 Å². The fraction of sp³-hybridized carbons (Fsp3) is 0.667. The van der Waals surface area contributed by atoms with Gasteiger partial charge >= 0.3 is 5.97 Å². The lowest BCUT2D eigenvalue weighted by Crippen LogP contribution is -2.58. The van der Waals surface area contributed by atoms with Gasteiger partial charge in [0.15, 0.2) is 12.0 Å². The first-order valence-corrected chi connectivity index (χ1v) is 11.0. The number of nitrogens with two attached hydrogens (primary N) is 4. The Balaban J connectivity index is 5.35. The zero-order valence-electron chi connectivity index (χ0n) is 18.8. The highest BCUT2D eigenvalue weighted by molar-refractivity contribution is 7.80. The number of amides is 4. The van der Waals surface area contributed by atoms with Crippen LogP contribution in [0.25, 0.3) is 0 Å². The van der Waals surface area contributed by atoms with E-state index in [1.54, 1.807) is 0 Å². The van der Waals surface area contributed by atoms with Gasteiger partial charge in [-0.15, -0.1) is 0 Å². The lowest BCUT2D eigenvalue weighted by atomic mass is 10.1. The van der Waals surface area contributed by atoms with Crippen LogP contribution in [0.5, 0.6) is 0 Å². The van der Waals surface area contributed by atoms with E-state index in [1.807, 2.05) is 0 Å². The van der Waals surface area contributed by atoms with E-state index >= 15 is 0 Å². The number of carbonyl (C=O) groups excluding carboxylic acids is 4. The number of aliphatic hydroxyl groups excluding tert-OH is 1. The van der Waals surface area contributed by atoms with Crippen LogP contribution < -0.4 is 38.9 Å². The lowest BCUT2D eigenvalue weighted by Gasteiger charge is -2.25. The Hall–Kier alpha value is -3.11. The van der Waals surface area contributed by atoms with E-state index in [1.165, 1.54) is 6.92 Å². The molecule has 16 heteroatoms. The van der Waals surface area contributed by atoms with E-state index in [0.717, 1.165) is 0 Å². The molecule has 0 radical (unpaired) electrons. The van der Waals surface area contributed by atoms with Gasteiger partial charge in [-0.25, -0.2) is 4.79 Å². The molecule has 0 aliphatic rings. The number of carboxylic acid groups (broad SMARTS) is 1. The molecule has 0 bridgehead atoms. The Morgan fingerprint density at radius 3 is 1.97 bits per heavy atom. The molecule has 13 N–H and O–H groups in total. The van der Waals surface area contributed by atoms with Gasteiger partial charge in [-0.2, -0.15) is 12.6 Å². The van der Waals surface area contributed by atoms with Gasteiger partial charge in [0.05, 0.1) is 12.1 Å². The molecule has 0 fully saturated rings. The number of rotatable bonds is 16. The molecule has 0 aliphatic carbocycles. The molecule has 0 aromatic rings.